The molecule has 3 aromatic rings. The Balaban J connectivity index is 1.47. The van der Waals surface area contributed by atoms with Gasteiger partial charge in [0.15, 0.2) is 11.9 Å². The van der Waals surface area contributed by atoms with Crippen molar-refractivity contribution in [2.45, 2.75) is 70.4 Å². The Morgan fingerprint density at radius 3 is 2.82 bits per heavy atom. The largest absolute Gasteiger partial charge is 0.356 e. The molecular weight excluding hydrogens is 496 g/mol. The highest BCUT2D eigenvalue weighted by Gasteiger charge is 2.39. The first kappa shape index (κ1) is 25.9. The Bertz CT molecular complexity index is 1340. The SMILES string of the molecule is CCn1nccc1C(=O)NC(c1cn2nc(CC3CCCNC3=O)c(C=O)cc2n1)C1CCC(F)(F)CC1. The fourth-order valence-corrected chi connectivity index (χ4v) is 5.49. The number of alkyl halides is 2. The van der Waals surface area contributed by atoms with E-state index >= 15 is 0 Å². The van der Waals surface area contributed by atoms with Crippen LogP contribution in [0.25, 0.3) is 5.65 Å². The van der Waals surface area contributed by atoms with Crippen LogP contribution >= 0.6 is 0 Å². The molecule has 2 N–H and O–H groups in total. The van der Waals surface area contributed by atoms with E-state index in [1.54, 1.807) is 29.2 Å². The number of imidazole rings is 1. The predicted molar refractivity (Wildman–Crippen MR) is 133 cm³/mol. The third kappa shape index (κ3) is 5.30. The normalized spacial score (nSPS) is 20.7. The minimum atomic E-state index is -2.72. The van der Waals surface area contributed by atoms with Crippen LogP contribution in [0.4, 0.5) is 8.78 Å². The van der Waals surface area contributed by atoms with Gasteiger partial charge in [0.2, 0.25) is 11.8 Å². The number of halogens is 2. The first-order valence-corrected chi connectivity index (χ1v) is 13.1. The molecule has 1 saturated carbocycles. The van der Waals surface area contributed by atoms with Gasteiger partial charge in [0.25, 0.3) is 5.91 Å². The van der Waals surface area contributed by atoms with Crippen molar-refractivity contribution in [1.29, 1.82) is 0 Å². The molecule has 2 amide bonds. The number of aldehydes is 1. The molecule has 2 fully saturated rings. The highest BCUT2D eigenvalue weighted by atomic mass is 19.3. The molecule has 4 heterocycles. The molecule has 2 unspecified atom stereocenters. The summed E-state index contributed by atoms with van der Waals surface area (Å²) in [5, 5.41) is 14.6. The number of aryl methyl sites for hydroxylation is 1. The van der Waals surface area contributed by atoms with Crippen molar-refractivity contribution in [1.82, 2.24) is 35.0 Å². The lowest BCUT2D eigenvalue weighted by molar-refractivity contribution is -0.126. The van der Waals surface area contributed by atoms with Gasteiger partial charge in [0.1, 0.15) is 5.69 Å². The van der Waals surface area contributed by atoms with Crippen molar-refractivity contribution >= 4 is 23.7 Å². The molecule has 38 heavy (non-hydrogen) atoms. The lowest BCUT2D eigenvalue weighted by atomic mass is 9.81. The van der Waals surface area contributed by atoms with E-state index in [-0.39, 0.29) is 49.3 Å². The number of nitrogens with one attached hydrogen (secondary N) is 2. The average Bonchev–Trinajstić information content (AvgIpc) is 3.55. The topological polar surface area (TPSA) is 123 Å². The molecule has 3 aromatic heterocycles. The van der Waals surface area contributed by atoms with E-state index in [9.17, 15) is 23.2 Å². The number of carbonyl (C=O) groups is 3. The summed E-state index contributed by atoms with van der Waals surface area (Å²) in [6.07, 6.45) is 5.76. The van der Waals surface area contributed by atoms with E-state index in [0.717, 1.165) is 6.42 Å². The quantitative estimate of drug-likeness (QED) is 0.434. The van der Waals surface area contributed by atoms with Crippen LogP contribution in [-0.4, -0.2) is 54.9 Å². The third-order valence-corrected chi connectivity index (χ3v) is 7.63. The predicted octanol–water partition coefficient (Wildman–Crippen LogP) is 3.12. The molecule has 0 spiro atoms. The number of rotatable bonds is 8. The van der Waals surface area contributed by atoms with Crippen LogP contribution in [-0.2, 0) is 17.8 Å². The van der Waals surface area contributed by atoms with Crippen molar-refractivity contribution in [3.8, 4) is 0 Å². The van der Waals surface area contributed by atoms with Crippen molar-refractivity contribution in [2.75, 3.05) is 6.54 Å². The summed E-state index contributed by atoms with van der Waals surface area (Å²) in [5.41, 5.74) is 2.09. The zero-order valence-corrected chi connectivity index (χ0v) is 21.2. The minimum Gasteiger partial charge on any atom is -0.356 e. The van der Waals surface area contributed by atoms with Gasteiger partial charge in [-0.15, -0.1) is 0 Å². The van der Waals surface area contributed by atoms with Crippen LogP contribution in [0.15, 0.2) is 24.5 Å². The minimum absolute atomic E-state index is 0.0514. The molecule has 2 atom stereocenters. The second-order valence-corrected chi connectivity index (χ2v) is 10.1. The van der Waals surface area contributed by atoms with E-state index < -0.39 is 12.0 Å². The summed E-state index contributed by atoms with van der Waals surface area (Å²) in [6, 6.07) is 2.59. The van der Waals surface area contributed by atoms with Gasteiger partial charge < -0.3 is 10.6 Å². The van der Waals surface area contributed by atoms with E-state index in [1.165, 1.54) is 4.52 Å². The Hall–Kier alpha value is -3.70. The summed E-state index contributed by atoms with van der Waals surface area (Å²) in [4.78, 5) is 42.0. The number of aromatic nitrogens is 5. The second kappa shape index (κ2) is 10.6. The summed E-state index contributed by atoms with van der Waals surface area (Å²) in [5.74, 6) is -3.66. The van der Waals surface area contributed by atoms with E-state index in [1.807, 2.05) is 6.92 Å². The van der Waals surface area contributed by atoms with Gasteiger partial charge in [0.05, 0.1) is 23.6 Å². The first-order chi connectivity index (χ1) is 18.3. The number of hydrogen-bond donors (Lipinski definition) is 2. The summed E-state index contributed by atoms with van der Waals surface area (Å²) in [6.45, 7) is 3.02. The molecular formula is C26H31F2N7O3. The first-order valence-electron chi connectivity index (χ1n) is 13.1. The molecule has 1 aliphatic carbocycles. The Labute approximate surface area is 218 Å². The van der Waals surface area contributed by atoms with Crippen LogP contribution in [0.1, 0.15) is 83.7 Å². The number of fused-ring (bicyclic) bond motifs is 1. The molecule has 0 bridgehead atoms. The van der Waals surface area contributed by atoms with Crippen LogP contribution in [0.2, 0.25) is 0 Å². The van der Waals surface area contributed by atoms with Crippen molar-refractivity contribution < 1.29 is 23.2 Å². The van der Waals surface area contributed by atoms with Gasteiger partial charge >= 0.3 is 0 Å². The maximum Gasteiger partial charge on any atom is 0.270 e. The highest BCUT2D eigenvalue weighted by Crippen LogP contribution is 2.41. The molecule has 2 aliphatic rings. The monoisotopic (exact) mass is 527 g/mol. The summed E-state index contributed by atoms with van der Waals surface area (Å²) in [7, 11) is 0. The summed E-state index contributed by atoms with van der Waals surface area (Å²) >= 11 is 0. The smallest absolute Gasteiger partial charge is 0.270 e. The van der Waals surface area contributed by atoms with Gasteiger partial charge in [0, 0.05) is 50.0 Å². The molecule has 10 nitrogen and oxygen atoms in total. The Morgan fingerprint density at radius 1 is 1.32 bits per heavy atom. The molecule has 1 saturated heterocycles. The fourth-order valence-electron chi connectivity index (χ4n) is 5.49. The Morgan fingerprint density at radius 2 is 2.11 bits per heavy atom. The molecule has 0 radical (unpaired) electrons. The Kier molecular flexibility index (Phi) is 7.22. The van der Waals surface area contributed by atoms with Crippen LogP contribution in [0.5, 0.6) is 0 Å². The maximum absolute atomic E-state index is 14.0. The van der Waals surface area contributed by atoms with E-state index in [2.05, 4.69) is 25.8 Å². The standard InChI is InChI=1S/C26H31F2N7O3/c1-2-34-21(7-11-30-34)25(38)32-23(16-5-8-26(27,28)9-6-16)20-14-35-22(31-20)13-18(15-36)19(33-35)12-17-4-3-10-29-24(17)37/h7,11,13-17,23H,2-6,8-10,12H2,1H3,(H,29,37)(H,32,38). The van der Waals surface area contributed by atoms with E-state index in [4.69, 9.17) is 0 Å². The molecule has 1 aliphatic heterocycles. The zero-order valence-electron chi connectivity index (χ0n) is 21.2. The summed E-state index contributed by atoms with van der Waals surface area (Å²) < 4.78 is 31.0. The van der Waals surface area contributed by atoms with Crippen molar-refractivity contribution in [2.24, 2.45) is 11.8 Å². The molecule has 12 heteroatoms. The number of piperidine rings is 1. The number of nitrogens with zero attached hydrogens (tertiary/aromatic N) is 5. The third-order valence-electron chi connectivity index (χ3n) is 7.63. The van der Waals surface area contributed by atoms with Gasteiger partial charge in [-0.2, -0.15) is 10.2 Å². The van der Waals surface area contributed by atoms with Gasteiger partial charge in [-0.1, -0.05) is 0 Å². The highest BCUT2D eigenvalue weighted by molar-refractivity contribution is 5.92. The number of carbonyl (C=O) groups excluding carboxylic acids is 3. The average molecular weight is 528 g/mol. The number of hydrogen-bond acceptors (Lipinski definition) is 6. The lowest BCUT2D eigenvalue weighted by Crippen LogP contribution is -2.38. The fraction of sp³-hybridized carbons (Fsp3) is 0.538. The van der Waals surface area contributed by atoms with Crippen LogP contribution < -0.4 is 10.6 Å². The number of amides is 2. The van der Waals surface area contributed by atoms with Crippen LogP contribution in [0.3, 0.4) is 0 Å². The lowest BCUT2D eigenvalue weighted by Gasteiger charge is -2.33. The maximum atomic E-state index is 14.0. The zero-order chi connectivity index (χ0) is 26.9. The van der Waals surface area contributed by atoms with Gasteiger partial charge in [-0.3, -0.25) is 19.1 Å². The molecule has 5 rings (SSSR count). The van der Waals surface area contributed by atoms with Gasteiger partial charge in [-0.25, -0.2) is 18.3 Å². The van der Waals surface area contributed by atoms with Crippen molar-refractivity contribution in [3.05, 3.63) is 47.2 Å². The van der Waals surface area contributed by atoms with E-state index in [0.29, 0.717) is 60.5 Å². The second-order valence-electron chi connectivity index (χ2n) is 10.1. The van der Waals surface area contributed by atoms with Crippen LogP contribution in [0, 0.1) is 11.8 Å². The van der Waals surface area contributed by atoms with Gasteiger partial charge in [-0.05, 0) is 50.7 Å². The molecule has 0 aromatic carbocycles. The van der Waals surface area contributed by atoms with Crippen molar-refractivity contribution in [3.63, 3.8) is 0 Å². The molecule has 202 valence electrons.